The van der Waals surface area contributed by atoms with Crippen LogP contribution >= 0.6 is 0 Å². The lowest BCUT2D eigenvalue weighted by Gasteiger charge is -2.19. The van der Waals surface area contributed by atoms with E-state index in [0.717, 1.165) is 29.8 Å². The SMILES string of the molecule is Cc1ccc(-c2c(NS(=O)(=O)c3ccc(C(C)(C)C)cc3)ncnc2OCCOc2ncc(S(C)(=O)=O)cn2)cc1. The second-order valence-corrected chi connectivity index (χ2v) is 14.0. The number of anilines is 1. The van der Waals surface area contributed by atoms with Gasteiger partial charge in [-0.1, -0.05) is 62.7 Å². The minimum atomic E-state index is -3.99. The van der Waals surface area contributed by atoms with Gasteiger partial charge in [-0.05, 0) is 35.6 Å². The molecular formula is C28H31N5O6S2. The smallest absolute Gasteiger partial charge is 0.316 e. The van der Waals surface area contributed by atoms with Gasteiger partial charge in [-0.3, -0.25) is 4.72 Å². The highest BCUT2D eigenvalue weighted by Crippen LogP contribution is 2.35. The number of sulfonamides is 1. The van der Waals surface area contributed by atoms with Crippen molar-refractivity contribution in [3.05, 3.63) is 78.4 Å². The lowest BCUT2D eigenvalue weighted by atomic mass is 9.87. The monoisotopic (exact) mass is 597 g/mol. The Bertz CT molecular complexity index is 1720. The van der Waals surface area contributed by atoms with Crippen molar-refractivity contribution in [3.8, 4) is 23.0 Å². The molecule has 41 heavy (non-hydrogen) atoms. The van der Waals surface area contributed by atoms with Crippen molar-refractivity contribution in [2.45, 2.75) is 42.9 Å². The Morgan fingerprint density at radius 2 is 1.39 bits per heavy atom. The van der Waals surface area contributed by atoms with Crippen molar-refractivity contribution in [2.24, 2.45) is 0 Å². The van der Waals surface area contributed by atoms with Crippen molar-refractivity contribution >= 4 is 25.7 Å². The number of sulfone groups is 1. The van der Waals surface area contributed by atoms with Crippen LogP contribution in [0.2, 0.25) is 0 Å². The van der Waals surface area contributed by atoms with Crippen LogP contribution in [0.1, 0.15) is 31.9 Å². The standard InChI is InChI=1S/C28H31N5O6S2/c1-19-6-8-20(9-7-19)24-25(33-41(36,37)22-12-10-21(11-13-22)28(2,3)4)31-18-32-26(24)38-14-15-39-27-29-16-23(17-30-27)40(5,34)35/h6-13,16-18H,14-15H2,1-5H3,(H,31,32,33). The fraction of sp³-hybridized carbons (Fsp3) is 0.286. The van der Waals surface area contributed by atoms with Crippen LogP contribution in [0.5, 0.6) is 11.9 Å². The molecule has 0 aliphatic heterocycles. The summed E-state index contributed by atoms with van der Waals surface area (Å²) in [4.78, 5) is 16.3. The van der Waals surface area contributed by atoms with Gasteiger partial charge in [-0.25, -0.2) is 36.8 Å². The lowest BCUT2D eigenvalue weighted by Crippen LogP contribution is -2.17. The number of aromatic nitrogens is 4. The number of aryl methyl sites for hydroxylation is 1. The molecule has 0 aliphatic rings. The third kappa shape index (κ3) is 7.55. The highest BCUT2D eigenvalue weighted by Gasteiger charge is 2.23. The largest absolute Gasteiger partial charge is 0.473 e. The Morgan fingerprint density at radius 1 is 0.780 bits per heavy atom. The third-order valence-corrected chi connectivity index (χ3v) is 8.42. The topological polar surface area (TPSA) is 150 Å². The molecule has 13 heteroatoms. The summed E-state index contributed by atoms with van der Waals surface area (Å²) in [5, 5.41) is 0. The van der Waals surface area contributed by atoms with Gasteiger partial charge in [0, 0.05) is 6.26 Å². The van der Waals surface area contributed by atoms with Gasteiger partial charge >= 0.3 is 6.01 Å². The van der Waals surface area contributed by atoms with Crippen molar-refractivity contribution in [3.63, 3.8) is 0 Å². The number of benzene rings is 2. The summed E-state index contributed by atoms with van der Waals surface area (Å²) in [5.41, 5.74) is 2.91. The van der Waals surface area contributed by atoms with Crippen LogP contribution in [0.15, 0.2) is 77.0 Å². The third-order valence-electron chi connectivity index (χ3n) is 6.00. The number of hydrogen-bond donors (Lipinski definition) is 1. The van der Waals surface area contributed by atoms with E-state index in [1.807, 2.05) is 31.2 Å². The van der Waals surface area contributed by atoms with E-state index in [2.05, 4.69) is 45.4 Å². The first kappa shape index (κ1) is 29.9. The zero-order chi connectivity index (χ0) is 29.8. The molecule has 0 saturated heterocycles. The van der Waals surface area contributed by atoms with Crippen LogP contribution in [0.4, 0.5) is 5.82 Å². The van der Waals surface area contributed by atoms with Crippen LogP contribution in [0.3, 0.4) is 0 Å². The molecule has 2 aromatic heterocycles. The van der Waals surface area contributed by atoms with Crippen LogP contribution in [-0.2, 0) is 25.3 Å². The maximum absolute atomic E-state index is 13.3. The van der Waals surface area contributed by atoms with Gasteiger partial charge in [0.2, 0.25) is 5.88 Å². The summed E-state index contributed by atoms with van der Waals surface area (Å²) in [6.45, 7) is 8.12. The molecule has 0 spiro atoms. The molecule has 4 rings (SSSR count). The van der Waals surface area contributed by atoms with Crippen LogP contribution in [0.25, 0.3) is 11.1 Å². The number of rotatable bonds is 10. The number of nitrogens with zero attached hydrogens (tertiary/aromatic N) is 4. The maximum atomic E-state index is 13.3. The summed E-state index contributed by atoms with van der Waals surface area (Å²) in [7, 11) is -7.41. The predicted octanol–water partition coefficient (Wildman–Crippen LogP) is 4.20. The second kappa shape index (κ2) is 11.8. The molecule has 2 heterocycles. The van der Waals surface area contributed by atoms with Gasteiger partial charge < -0.3 is 9.47 Å². The quantitative estimate of drug-likeness (QED) is 0.263. The molecule has 0 amide bonds. The van der Waals surface area contributed by atoms with Crippen molar-refractivity contribution in [2.75, 3.05) is 24.2 Å². The molecule has 2 aromatic carbocycles. The molecule has 0 aliphatic carbocycles. The highest BCUT2D eigenvalue weighted by molar-refractivity contribution is 7.92. The Balaban J connectivity index is 1.56. The average molecular weight is 598 g/mol. The predicted molar refractivity (Wildman–Crippen MR) is 154 cm³/mol. The Hall–Kier alpha value is -4.10. The van der Waals surface area contributed by atoms with E-state index in [0.29, 0.717) is 11.1 Å². The molecule has 0 saturated carbocycles. The normalized spacial score (nSPS) is 12.1. The molecule has 0 bridgehead atoms. The van der Waals surface area contributed by atoms with Crippen molar-refractivity contribution in [1.29, 1.82) is 0 Å². The van der Waals surface area contributed by atoms with E-state index in [-0.39, 0.29) is 46.1 Å². The molecule has 216 valence electrons. The minimum absolute atomic E-state index is 0.00746. The first-order valence-electron chi connectivity index (χ1n) is 12.6. The van der Waals surface area contributed by atoms with Crippen molar-refractivity contribution < 1.29 is 26.3 Å². The number of nitrogens with one attached hydrogen (secondary N) is 1. The maximum Gasteiger partial charge on any atom is 0.316 e. The van der Waals surface area contributed by atoms with Gasteiger partial charge in [-0.15, -0.1) is 0 Å². The van der Waals surface area contributed by atoms with E-state index < -0.39 is 19.9 Å². The van der Waals surface area contributed by atoms with Gasteiger partial charge in [0.05, 0.1) is 22.9 Å². The van der Waals surface area contributed by atoms with E-state index in [9.17, 15) is 16.8 Å². The Labute approximate surface area is 240 Å². The first-order valence-corrected chi connectivity index (χ1v) is 15.9. The molecule has 11 nitrogen and oxygen atoms in total. The Morgan fingerprint density at radius 3 is 1.98 bits per heavy atom. The molecule has 0 radical (unpaired) electrons. The molecule has 0 fully saturated rings. The molecule has 4 aromatic rings. The zero-order valence-corrected chi connectivity index (χ0v) is 25.0. The van der Waals surface area contributed by atoms with Gasteiger partial charge in [0.25, 0.3) is 10.0 Å². The number of hydrogen-bond acceptors (Lipinski definition) is 10. The fourth-order valence-electron chi connectivity index (χ4n) is 3.70. The van der Waals surface area contributed by atoms with Crippen LogP contribution in [-0.4, -0.2) is 56.2 Å². The van der Waals surface area contributed by atoms with Crippen molar-refractivity contribution in [1.82, 2.24) is 19.9 Å². The fourth-order valence-corrected chi connectivity index (χ4v) is 5.21. The lowest BCUT2D eigenvalue weighted by molar-refractivity contribution is 0.201. The minimum Gasteiger partial charge on any atom is -0.473 e. The average Bonchev–Trinajstić information content (AvgIpc) is 2.91. The summed E-state index contributed by atoms with van der Waals surface area (Å²) >= 11 is 0. The molecule has 0 atom stereocenters. The summed E-state index contributed by atoms with van der Waals surface area (Å²) in [6.07, 6.45) is 4.59. The molecule has 1 N–H and O–H groups in total. The van der Waals surface area contributed by atoms with Crippen LogP contribution in [0, 0.1) is 6.92 Å². The zero-order valence-electron chi connectivity index (χ0n) is 23.3. The molecular weight excluding hydrogens is 566 g/mol. The van der Waals surface area contributed by atoms with E-state index in [4.69, 9.17) is 9.47 Å². The second-order valence-electron chi connectivity index (χ2n) is 10.3. The first-order chi connectivity index (χ1) is 19.2. The summed E-state index contributed by atoms with van der Waals surface area (Å²) in [6, 6.07) is 14.1. The molecule has 0 unspecified atom stereocenters. The van der Waals surface area contributed by atoms with E-state index in [1.54, 1.807) is 24.3 Å². The van der Waals surface area contributed by atoms with Crippen LogP contribution < -0.4 is 14.2 Å². The van der Waals surface area contributed by atoms with Gasteiger partial charge in [-0.2, -0.15) is 0 Å². The summed E-state index contributed by atoms with van der Waals surface area (Å²) < 4.78 is 63.7. The highest BCUT2D eigenvalue weighted by atomic mass is 32.2. The van der Waals surface area contributed by atoms with Gasteiger partial charge in [0.1, 0.15) is 24.4 Å². The van der Waals surface area contributed by atoms with Gasteiger partial charge in [0.15, 0.2) is 15.7 Å². The van der Waals surface area contributed by atoms with E-state index in [1.165, 1.54) is 6.33 Å². The number of ether oxygens (including phenoxy) is 2. The van der Waals surface area contributed by atoms with E-state index >= 15 is 0 Å². The Kier molecular flexibility index (Phi) is 8.59. The summed E-state index contributed by atoms with van der Waals surface area (Å²) in [5.74, 6) is 0.195.